The molecule has 0 aromatic carbocycles. The average molecular weight is 378 g/mol. The van der Waals surface area contributed by atoms with E-state index < -0.39 is 5.97 Å². The lowest BCUT2D eigenvalue weighted by Crippen LogP contribution is -2.27. The molecule has 0 unspecified atom stereocenters. The molecule has 0 aliphatic heterocycles. The lowest BCUT2D eigenvalue weighted by Gasteiger charge is -2.06. The van der Waals surface area contributed by atoms with Gasteiger partial charge in [0.25, 0.3) is 5.56 Å². The van der Waals surface area contributed by atoms with Gasteiger partial charge in [-0.25, -0.2) is 9.97 Å². The molecule has 0 bridgehead atoms. The van der Waals surface area contributed by atoms with E-state index >= 15 is 0 Å². The van der Waals surface area contributed by atoms with Crippen molar-refractivity contribution in [3.8, 4) is 0 Å². The zero-order valence-electron chi connectivity index (χ0n) is 13.0. The molecule has 0 aliphatic carbocycles. The maximum absolute atomic E-state index is 12.2. The zero-order valence-corrected chi connectivity index (χ0v) is 14.6. The van der Waals surface area contributed by atoms with Gasteiger partial charge in [-0.05, 0) is 11.4 Å². The fraction of sp³-hybridized carbons (Fsp3) is 0.267. The van der Waals surface area contributed by atoms with E-state index in [1.54, 1.807) is 11.4 Å². The molecule has 130 valence electrons. The molecule has 0 spiro atoms. The largest absolute Gasteiger partial charge is 0.481 e. The molecular formula is C15H14N4O4S2. The minimum atomic E-state index is -0.942. The van der Waals surface area contributed by atoms with Crippen LogP contribution in [0, 0.1) is 0 Å². The summed E-state index contributed by atoms with van der Waals surface area (Å²) in [5, 5.41) is 16.1. The summed E-state index contributed by atoms with van der Waals surface area (Å²) in [6, 6.07) is 1.73. The van der Waals surface area contributed by atoms with Crippen LogP contribution in [0.3, 0.4) is 0 Å². The second-order valence-corrected chi connectivity index (χ2v) is 7.05. The Kier molecular flexibility index (Phi) is 5.19. The molecule has 0 saturated heterocycles. The molecule has 0 fully saturated rings. The van der Waals surface area contributed by atoms with Gasteiger partial charge in [0, 0.05) is 18.3 Å². The molecule has 2 N–H and O–H groups in total. The molecule has 10 heteroatoms. The van der Waals surface area contributed by atoms with Crippen LogP contribution in [0.1, 0.15) is 17.1 Å². The zero-order chi connectivity index (χ0) is 17.8. The Labute approximate surface area is 149 Å². The van der Waals surface area contributed by atoms with Crippen LogP contribution in [-0.4, -0.2) is 31.5 Å². The third-order valence-corrected chi connectivity index (χ3v) is 5.12. The van der Waals surface area contributed by atoms with Crippen molar-refractivity contribution in [2.24, 2.45) is 0 Å². The summed E-state index contributed by atoms with van der Waals surface area (Å²) in [6.07, 6.45) is 1.46. The van der Waals surface area contributed by atoms with Crippen LogP contribution in [0.5, 0.6) is 0 Å². The molecule has 1 amide bonds. The lowest BCUT2D eigenvalue weighted by atomic mass is 10.3. The number of carboxylic acids is 1. The topological polar surface area (TPSA) is 114 Å². The number of carbonyl (C=O) groups is 2. The molecule has 0 atom stereocenters. The summed E-state index contributed by atoms with van der Waals surface area (Å²) in [5.74, 6) is -1.16. The molecule has 0 saturated carbocycles. The van der Waals surface area contributed by atoms with Gasteiger partial charge in [0.05, 0.1) is 30.4 Å². The minimum absolute atomic E-state index is 0.134. The van der Waals surface area contributed by atoms with E-state index in [0.29, 0.717) is 20.9 Å². The third-order valence-electron chi connectivity index (χ3n) is 3.40. The number of thiazole rings is 1. The number of hydrogen-bond acceptors (Lipinski definition) is 7. The monoisotopic (exact) mass is 378 g/mol. The Morgan fingerprint density at radius 2 is 2.16 bits per heavy atom. The molecule has 3 heterocycles. The number of aliphatic carboxylic acids is 1. The summed E-state index contributed by atoms with van der Waals surface area (Å²) in [4.78, 5) is 43.8. The van der Waals surface area contributed by atoms with Gasteiger partial charge < -0.3 is 10.4 Å². The van der Waals surface area contributed by atoms with E-state index in [2.05, 4.69) is 15.3 Å². The van der Waals surface area contributed by atoms with E-state index in [-0.39, 0.29) is 37.4 Å². The Bertz CT molecular complexity index is 975. The number of nitrogens with zero attached hydrogens (tertiary/aromatic N) is 3. The van der Waals surface area contributed by atoms with Crippen molar-refractivity contribution in [2.45, 2.75) is 25.9 Å². The van der Waals surface area contributed by atoms with Gasteiger partial charge in [-0.3, -0.25) is 19.0 Å². The van der Waals surface area contributed by atoms with Gasteiger partial charge >= 0.3 is 5.97 Å². The fourth-order valence-corrected chi connectivity index (χ4v) is 3.66. The SMILES string of the molecule is O=C(O)Cc1csc(CNC(=O)CCn2cnc3sccc3c2=O)n1. The quantitative estimate of drug-likeness (QED) is 0.639. The lowest BCUT2D eigenvalue weighted by molar-refractivity contribution is -0.136. The second-order valence-electron chi connectivity index (χ2n) is 5.21. The first kappa shape index (κ1) is 17.2. The normalized spacial score (nSPS) is 10.9. The van der Waals surface area contributed by atoms with Gasteiger partial charge in [0.1, 0.15) is 9.84 Å². The molecule has 3 rings (SSSR count). The van der Waals surface area contributed by atoms with Crippen LogP contribution in [0.15, 0.2) is 27.9 Å². The molecule has 25 heavy (non-hydrogen) atoms. The van der Waals surface area contributed by atoms with Crippen molar-refractivity contribution < 1.29 is 14.7 Å². The van der Waals surface area contributed by atoms with Gasteiger partial charge in [0.2, 0.25) is 5.91 Å². The Balaban J connectivity index is 1.52. The highest BCUT2D eigenvalue weighted by Crippen LogP contribution is 2.13. The maximum atomic E-state index is 12.2. The highest BCUT2D eigenvalue weighted by Gasteiger charge is 2.09. The Morgan fingerprint density at radius 3 is 2.96 bits per heavy atom. The van der Waals surface area contributed by atoms with Crippen molar-refractivity contribution in [2.75, 3.05) is 0 Å². The summed E-state index contributed by atoms with van der Waals surface area (Å²) >= 11 is 2.70. The summed E-state index contributed by atoms with van der Waals surface area (Å²) in [6.45, 7) is 0.478. The summed E-state index contributed by atoms with van der Waals surface area (Å²) in [5.41, 5.74) is 0.320. The van der Waals surface area contributed by atoms with Crippen molar-refractivity contribution in [3.05, 3.63) is 44.2 Å². The van der Waals surface area contributed by atoms with Crippen molar-refractivity contribution in [3.63, 3.8) is 0 Å². The average Bonchev–Trinajstić information content (AvgIpc) is 3.21. The van der Waals surface area contributed by atoms with Crippen LogP contribution in [-0.2, 0) is 29.1 Å². The molecule has 0 aliphatic rings. The van der Waals surface area contributed by atoms with Gasteiger partial charge in [-0.15, -0.1) is 22.7 Å². The number of amides is 1. The fourth-order valence-electron chi connectivity index (χ4n) is 2.20. The Hall–Kier alpha value is -2.59. The number of rotatable bonds is 7. The number of nitrogens with one attached hydrogen (secondary N) is 1. The van der Waals surface area contributed by atoms with E-state index in [0.717, 1.165) is 0 Å². The van der Waals surface area contributed by atoms with E-state index in [9.17, 15) is 14.4 Å². The van der Waals surface area contributed by atoms with E-state index in [1.807, 2.05) is 5.38 Å². The predicted octanol–water partition coefficient (Wildman–Crippen LogP) is 1.25. The molecular weight excluding hydrogens is 364 g/mol. The second kappa shape index (κ2) is 7.53. The van der Waals surface area contributed by atoms with E-state index in [4.69, 9.17) is 5.11 Å². The van der Waals surface area contributed by atoms with Gasteiger partial charge in [0.15, 0.2) is 0 Å². The number of thiophene rings is 1. The Morgan fingerprint density at radius 1 is 1.32 bits per heavy atom. The first-order valence-electron chi connectivity index (χ1n) is 7.37. The van der Waals surface area contributed by atoms with Crippen molar-refractivity contribution >= 4 is 44.8 Å². The highest BCUT2D eigenvalue weighted by atomic mass is 32.1. The number of carboxylic acid groups (broad SMARTS) is 1. The highest BCUT2D eigenvalue weighted by molar-refractivity contribution is 7.16. The molecule has 0 radical (unpaired) electrons. The number of carbonyl (C=O) groups excluding carboxylic acids is 1. The summed E-state index contributed by atoms with van der Waals surface area (Å²) in [7, 11) is 0. The summed E-state index contributed by atoms with van der Waals surface area (Å²) < 4.78 is 1.42. The number of hydrogen-bond donors (Lipinski definition) is 2. The van der Waals surface area contributed by atoms with Crippen molar-refractivity contribution in [1.82, 2.24) is 19.9 Å². The molecule has 3 aromatic heterocycles. The van der Waals surface area contributed by atoms with Crippen LogP contribution >= 0.6 is 22.7 Å². The minimum Gasteiger partial charge on any atom is -0.481 e. The third kappa shape index (κ3) is 4.28. The number of aryl methyl sites for hydroxylation is 1. The van der Waals surface area contributed by atoms with Crippen LogP contribution < -0.4 is 10.9 Å². The van der Waals surface area contributed by atoms with Crippen LogP contribution in [0.2, 0.25) is 0 Å². The van der Waals surface area contributed by atoms with Crippen LogP contribution in [0.4, 0.5) is 0 Å². The van der Waals surface area contributed by atoms with Crippen molar-refractivity contribution in [1.29, 1.82) is 0 Å². The van der Waals surface area contributed by atoms with Gasteiger partial charge in [-0.1, -0.05) is 0 Å². The maximum Gasteiger partial charge on any atom is 0.309 e. The molecule has 8 nitrogen and oxygen atoms in total. The smallest absolute Gasteiger partial charge is 0.309 e. The predicted molar refractivity (Wildman–Crippen MR) is 93.8 cm³/mol. The van der Waals surface area contributed by atoms with Gasteiger partial charge in [-0.2, -0.15) is 0 Å². The van der Waals surface area contributed by atoms with E-state index in [1.165, 1.54) is 33.6 Å². The number of aromatic nitrogens is 3. The standard InChI is InChI=1S/C15H14N4O4S2/c20-11(16-6-12-18-9(7-25-12)5-13(21)22)1-3-19-8-17-14-10(15(19)23)2-4-24-14/h2,4,7-8H,1,3,5-6H2,(H,16,20)(H,21,22). The molecule has 3 aromatic rings. The van der Waals surface area contributed by atoms with Crippen LogP contribution in [0.25, 0.3) is 10.2 Å². The first-order chi connectivity index (χ1) is 12.0. The first-order valence-corrected chi connectivity index (χ1v) is 9.13. The number of fused-ring (bicyclic) bond motifs is 1.